The lowest BCUT2D eigenvalue weighted by Gasteiger charge is -2.18. The Bertz CT molecular complexity index is 1240. The van der Waals surface area contributed by atoms with E-state index in [4.69, 9.17) is 0 Å². The van der Waals surface area contributed by atoms with Crippen molar-refractivity contribution in [2.24, 2.45) is 4.99 Å². The number of aliphatic imine (C=N–C) groups is 1. The van der Waals surface area contributed by atoms with E-state index in [1.54, 1.807) is 11.9 Å². The van der Waals surface area contributed by atoms with E-state index in [1.807, 2.05) is 84.9 Å². The highest BCUT2D eigenvalue weighted by Crippen LogP contribution is 2.44. The molecule has 2 amide bonds. The fourth-order valence-corrected chi connectivity index (χ4v) is 4.57. The van der Waals surface area contributed by atoms with Crippen LogP contribution < -0.4 is 10.3 Å². The van der Waals surface area contributed by atoms with Crippen LogP contribution in [-0.2, 0) is 9.59 Å². The molecule has 2 aliphatic rings. The monoisotopic (exact) mass is 426 g/mol. The topological polar surface area (TPSA) is 65.0 Å². The molecular formula is C24H18N4O2S. The van der Waals surface area contributed by atoms with E-state index >= 15 is 0 Å². The Hall–Kier alpha value is -3.84. The van der Waals surface area contributed by atoms with Gasteiger partial charge in [-0.2, -0.15) is 5.01 Å². The molecule has 0 aromatic heterocycles. The summed E-state index contributed by atoms with van der Waals surface area (Å²) in [4.78, 5) is 33.1. The normalized spacial score (nSPS) is 19.3. The van der Waals surface area contributed by atoms with Gasteiger partial charge in [0.2, 0.25) is 0 Å². The molecule has 152 valence electrons. The van der Waals surface area contributed by atoms with Crippen LogP contribution in [0.1, 0.15) is 5.56 Å². The Kier molecular flexibility index (Phi) is 4.80. The molecule has 2 heterocycles. The molecule has 7 heteroatoms. The fourth-order valence-electron chi connectivity index (χ4n) is 3.54. The predicted octanol–water partition coefficient (Wildman–Crippen LogP) is 4.66. The summed E-state index contributed by atoms with van der Waals surface area (Å²) < 4.78 is 0. The first kappa shape index (κ1) is 19.1. The molecule has 2 aliphatic heterocycles. The highest BCUT2D eigenvalue weighted by atomic mass is 32.2. The van der Waals surface area contributed by atoms with Crippen molar-refractivity contribution >= 4 is 51.4 Å². The van der Waals surface area contributed by atoms with Crippen molar-refractivity contribution in [2.45, 2.75) is 0 Å². The van der Waals surface area contributed by atoms with E-state index < -0.39 is 0 Å². The van der Waals surface area contributed by atoms with Crippen molar-refractivity contribution in [1.82, 2.24) is 5.01 Å². The minimum Gasteiger partial charge on any atom is -0.311 e. The van der Waals surface area contributed by atoms with E-state index in [2.05, 4.69) is 10.4 Å². The summed E-state index contributed by atoms with van der Waals surface area (Å²) in [6.07, 6.45) is 0. The Balaban J connectivity index is 1.63. The summed E-state index contributed by atoms with van der Waals surface area (Å²) in [5.74, 6) is -0.505. The van der Waals surface area contributed by atoms with E-state index in [1.165, 1.54) is 16.8 Å². The van der Waals surface area contributed by atoms with Gasteiger partial charge in [0.1, 0.15) is 0 Å². The first-order valence-electron chi connectivity index (χ1n) is 9.73. The number of anilines is 2. The van der Waals surface area contributed by atoms with Gasteiger partial charge >= 0.3 is 0 Å². The van der Waals surface area contributed by atoms with Crippen LogP contribution >= 0.6 is 11.8 Å². The van der Waals surface area contributed by atoms with Gasteiger partial charge in [-0.3, -0.25) is 15.0 Å². The first-order chi connectivity index (χ1) is 15.1. The number of fused-ring (bicyclic) bond motifs is 1. The molecule has 3 aromatic carbocycles. The van der Waals surface area contributed by atoms with Crippen molar-refractivity contribution < 1.29 is 9.59 Å². The molecule has 0 aliphatic carbocycles. The third kappa shape index (κ3) is 3.39. The number of hydrogen-bond donors (Lipinski definition) is 1. The van der Waals surface area contributed by atoms with Crippen LogP contribution in [0.25, 0.3) is 5.57 Å². The maximum atomic E-state index is 13.5. The average Bonchev–Trinajstić information content (AvgIpc) is 3.23. The van der Waals surface area contributed by atoms with Crippen LogP contribution in [0.5, 0.6) is 0 Å². The van der Waals surface area contributed by atoms with Crippen LogP contribution in [0.2, 0.25) is 0 Å². The largest absolute Gasteiger partial charge is 0.311 e. The number of amidine groups is 1. The van der Waals surface area contributed by atoms with Crippen LogP contribution in [0, 0.1) is 0 Å². The number of nitrogens with zero attached hydrogens (tertiary/aromatic N) is 3. The van der Waals surface area contributed by atoms with Crippen molar-refractivity contribution in [1.29, 1.82) is 0 Å². The quantitative estimate of drug-likeness (QED) is 0.619. The lowest BCUT2D eigenvalue weighted by Crippen LogP contribution is -2.35. The standard InChI is InChI=1S/C24H18N4O2S/c1-27-19-15-9-8-14-18(19)20(22(27)29)21-23(30)28(26-17-12-6-3-7-13-17)24(31-21)25-16-10-4-2-5-11-16/h2-15,26H,1H3/b21-20-,25-24?. The summed E-state index contributed by atoms with van der Waals surface area (Å²) in [7, 11) is 1.72. The number of benzene rings is 3. The van der Waals surface area contributed by atoms with Crippen molar-refractivity contribution in [3.05, 3.63) is 95.4 Å². The molecule has 1 saturated heterocycles. The lowest BCUT2D eigenvalue weighted by atomic mass is 10.1. The van der Waals surface area contributed by atoms with E-state index in [0.717, 1.165) is 22.6 Å². The van der Waals surface area contributed by atoms with Gasteiger partial charge in [-0.15, -0.1) is 0 Å². The zero-order valence-electron chi connectivity index (χ0n) is 16.6. The van der Waals surface area contributed by atoms with E-state index in [9.17, 15) is 9.59 Å². The summed E-state index contributed by atoms with van der Waals surface area (Å²) in [6.45, 7) is 0. The number of para-hydroxylation sites is 3. The van der Waals surface area contributed by atoms with E-state index in [-0.39, 0.29) is 11.8 Å². The molecular weight excluding hydrogens is 408 g/mol. The number of carbonyl (C=O) groups is 2. The summed E-state index contributed by atoms with van der Waals surface area (Å²) in [5, 5.41) is 1.87. The van der Waals surface area contributed by atoms with Crippen LogP contribution in [0.4, 0.5) is 17.1 Å². The second-order valence-corrected chi connectivity index (χ2v) is 8.01. The molecule has 0 unspecified atom stereocenters. The minimum atomic E-state index is -0.308. The van der Waals surface area contributed by atoms with Gasteiger partial charge < -0.3 is 4.90 Å². The van der Waals surface area contributed by atoms with Crippen LogP contribution in [0.3, 0.4) is 0 Å². The third-order valence-corrected chi connectivity index (χ3v) is 6.10. The smallest absolute Gasteiger partial charge is 0.286 e. The number of hydrogen-bond acceptors (Lipinski definition) is 5. The Labute approximate surface area is 183 Å². The van der Waals surface area contributed by atoms with Gasteiger partial charge in [-0.05, 0) is 42.1 Å². The molecule has 0 saturated carbocycles. The van der Waals surface area contributed by atoms with Crippen molar-refractivity contribution in [3.63, 3.8) is 0 Å². The molecule has 0 bridgehead atoms. The number of rotatable bonds is 3. The molecule has 31 heavy (non-hydrogen) atoms. The second kappa shape index (κ2) is 7.77. The highest BCUT2D eigenvalue weighted by molar-refractivity contribution is 8.18. The SMILES string of the molecule is CN1C(=O)/C(=C2\SC(=Nc3ccccc3)N(Nc3ccccc3)C2=O)c2ccccc21. The van der Waals surface area contributed by atoms with Crippen molar-refractivity contribution in [2.75, 3.05) is 17.4 Å². The molecule has 1 fully saturated rings. The summed E-state index contributed by atoms with van der Waals surface area (Å²) >= 11 is 1.20. The van der Waals surface area contributed by atoms with Gasteiger partial charge in [0.15, 0.2) is 5.17 Å². The Morgan fingerprint density at radius 1 is 0.806 bits per heavy atom. The summed E-state index contributed by atoms with van der Waals surface area (Å²) in [5.41, 5.74) is 6.56. The van der Waals surface area contributed by atoms with Gasteiger partial charge in [0.05, 0.1) is 27.5 Å². The lowest BCUT2D eigenvalue weighted by molar-refractivity contribution is -0.121. The van der Waals surface area contributed by atoms with Crippen molar-refractivity contribution in [3.8, 4) is 0 Å². The third-order valence-electron chi connectivity index (χ3n) is 5.06. The fraction of sp³-hybridized carbons (Fsp3) is 0.0417. The molecule has 0 atom stereocenters. The molecule has 3 aromatic rings. The van der Waals surface area contributed by atoms with Gasteiger partial charge in [-0.1, -0.05) is 54.6 Å². The maximum absolute atomic E-state index is 13.5. The molecule has 0 radical (unpaired) electrons. The number of amides is 2. The van der Waals surface area contributed by atoms with Crippen LogP contribution in [0.15, 0.2) is 94.8 Å². The van der Waals surface area contributed by atoms with Gasteiger partial charge in [0.25, 0.3) is 11.8 Å². The van der Waals surface area contributed by atoms with Crippen LogP contribution in [-0.4, -0.2) is 29.0 Å². The number of carbonyl (C=O) groups excluding carboxylic acids is 2. The Morgan fingerprint density at radius 2 is 1.45 bits per heavy atom. The Morgan fingerprint density at radius 3 is 2.19 bits per heavy atom. The maximum Gasteiger partial charge on any atom is 0.286 e. The second-order valence-electron chi connectivity index (χ2n) is 7.04. The molecule has 1 N–H and O–H groups in total. The predicted molar refractivity (Wildman–Crippen MR) is 125 cm³/mol. The number of likely N-dealkylation sites (N-methyl/N-ethyl adjacent to an activating group) is 1. The molecule has 5 rings (SSSR count). The molecule has 0 spiro atoms. The molecule has 6 nitrogen and oxygen atoms in total. The van der Waals surface area contributed by atoms with Gasteiger partial charge in [-0.25, -0.2) is 4.99 Å². The first-order valence-corrected chi connectivity index (χ1v) is 10.5. The number of thioether (sulfide) groups is 1. The average molecular weight is 427 g/mol. The number of hydrazine groups is 1. The summed E-state index contributed by atoms with van der Waals surface area (Å²) in [6, 6.07) is 26.3. The minimum absolute atomic E-state index is 0.197. The van der Waals surface area contributed by atoms with Gasteiger partial charge in [0, 0.05) is 12.6 Å². The highest BCUT2D eigenvalue weighted by Gasteiger charge is 2.42. The number of nitrogens with one attached hydrogen (secondary N) is 1. The zero-order chi connectivity index (χ0) is 21.4. The zero-order valence-corrected chi connectivity index (χ0v) is 17.5. The van der Waals surface area contributed by atoms with E-state index in [0.29, 0.717) is 15.6 Å².